The smallest absolute Gasteiger partial charge is 0.415 e. The molecule has 3 aromatic rings. The first-order chi connectivity index (χ1) is 12.1. The van der Waals surface area contributed by atoms with Crippen molar-refractivity contribution in [2.45, 2.75) is 11.8 Å². The van der Waals surface area contributed by atoms with Crippen molar-refractivity contribution in [3.63, 3.8) is 0 Å². The number of primary sulfonamides is 1. The summed E-state index contributed by atoms with van der Waals surface area (Å²) in [6, 6.07) is 6.19. The molecule has 0 aliphatic heterocycles. The number of hydrogen-bond donors (Lipinski definition) is 1. The van der Waals surface area contributed by atoms with Crippen LogP contribution < -0.4 is 10.9 Å². The van der Waals surface area contributed by atoms with E-state index in [1.54, 1.807) is 19.1 Å². The fourth-order valence-electron chi connectivity index (χ4n) is 2.50. The largest absolute Gasteiger partial charge is 0.424 e. The summed E-state index contributed by atoms with van der Waals surface area (Å²) >= 11 is 5.96. The predicted molar refractivity (Wildman–Crippen MR) is 90.8 cm³/mol. The lowest BCUT2D eigenvalue weighted by atomic mass is 10.1. The third-order valence-corrected chi connectivity index (χ3v) is 5.06. The molecule has 0 amide bonds. The molecule has 26 heavy (non-hydrogen) atoms. The van der Waals surface area contributed by atoms with E-state index in [9.17, 15) is 22.0 Å². The summed E-state index contributed by atoms with van der Waals surface area (Å²) in [4.78, 5) is 10.8. The van der Waals surface area contributed by atoms with Gasteiger partial charge in [0.2, 0.25) is 10.0 Å². The number of nitrogens with two attached hydrogens (primary N) is 1. The zero-order chi connectivity index (χ0) is 19.2. The number of aryl methyl sites for hydroxylation is 1. The maximum Gasteiger partial charge on any atom is 0.424 e. The Morgan fingerprint density at radius 3 is 2.31 bits per heavy atom. The maximum atomic E-state index is 14.1. The van der Waals surface area contributed by atoms with E-state index < -0.39 is 32.3 Å². The first-order valence-electron chi connectivity index (χ1n) is 7.09. The van der Waals surface area contributed by atoms with Crippen LogP contribution in [0.4, 0.5) is 8.78 Å². The molecule has 3 rings (SSSR count). The lowest BCUT2D eigenvalue weighted by Gasteiger charge is -2.10. The highest BCUT2D eigenvalue weighted by Gasteiger charge is 2.23. The van der Waals surface area contributed by atoms with Gasteiger partial charge in [0.25, 0.3) is 0 Å². The Morgan fingerprint density at radius 1 is 1.15 bits per heavy atom. The Labute approximate surface area is 151 Å². The normalized spacial score (nSPS) is 11.7. The third-order valence-electron chi connectivity index (χ3n) is 3.67. The Balaban J connectivity index is 2.24. The van der Waals surface area contributed by atoms with Gasteiger partial charge in [-0.2, -0.15) is 0 Å². The topological polar surface area (TPSA) is 95.3 Å². The molecule has 0 bridgehead atoms. The minimum absolute atomic E-state index is 0.0236. The SMILES string of the molecule is Cc1cc(-n2c(-c3cc(F)c(S(N)(=O)=O)c(F)c3)coc2=O)ccc1Cl. The quantitative estimate of drug-likeness (QED) is 0.731. The van der Waals surface area contributed by atoms with Crippen molar-refractivity contribution in [3.8, 4) is 16.9 Å². The van der Waals surface area contributed by atoms with Crippen LogP contribution in [0.25, 0.3) is 16.9 Å². The highest BCUT2D eigenvalue weighted by molar-refractivity contribution is 7.89. The van der Waals surface area contributed by atoms with Gasteiger partial charge in [0, 0.05) is 10.6 Å². The van der Waals surface area contributed by atoms with Crippen molar-refractivity contribution in [1.82, 2.24) is 4.57 Å². The fraction of sp³-hybridized carbons (Fsp3) is 0.0625. The molecule has 136 valence electrons. The Morgan fingerprint density at radius 2 is 1.77 bits per heavy atom. The molecule has 2 N–H and O–H groups in total. The van der Waals surface area contributed by atoms with Crippen molar-refractivity contribution < 1.29 is 21.6 Å². The molecule has 6 nitrogen and oxygen atoms in total. The second-order valence-electron chi connectivity index (χ2n) is 5.47. The third kappa shape index (κ3) is 3.16. The highest BCUT2D eigenvalue weighted by Crippen LogP contribution is 2.28. The van der Waals surface area contributed by atoms with Gasteiger partial charge in [-0.15, -0.1) is 0 Å². The summed E-state index contributed by atoms with van der Waals surface area (Å²) in [5.41, 5.74) is 0.948. The first-order valence-corrected chi connectivity index (χ1v) is 9.01. The van der Waals surface area contributed by atoms with Crippen molar-refractivity contribution in [1.29, 1.82) is 0 Å². The molecule has 0 radical (unpaired) electrons. The van der Waals surface area contributed by atoms with Crippen LogP contribution in [-0.4, -0.2) is 13.0 Å². The molecule has 1 aromatic heterocycles. The van der Waals surface area contributed by atoms with Crippen molar-refractivity contribution in [2.75, 3.05) is 0 Å². The van der Waals surface area contributed by atoms with E-state index in [4.69, 9.17) is 21.2 Å². The molecule has 0 aliphatic rings. The van der Waals surface area contributed by atoms with E-state index >= 15 is 0 Å². The summed E-state index contributed by atoms with van der Waals surface area (Å²) < 4.78 is 56.7. The molecule has 2 aromatic carbocycles. The molecular formula is C16H11ClF2N2O4S. The molecular weight excluding hydrogens is 390 g/mol. The fourth-order valence-corrected chi connectivity index (χ4v) is 3.28. The van der Waals surface area contributed by atoms with Crippen molar-refractivity contribution in [2.24, 2.45) is 5.14 Å². The zero-order valence-electron chi connectivity index (χ0n) is 13.2. The van der Waals surface area contributed by atoms with Gasteiger partial charge in [0.15, 0.2) is 4.90 Å². The van der Waals surface area contributed by atoms with E-state index in [-0.39, 0.29) is 11.3 Å². The summed E-state index contributed by atoms with van der Waals surface area (Å²) in [6.07, 6.45) is 1.01. The molecule has 1 heterocycles. The number of hydrogen-bond acceptors (Lipinski definition) is 4. The first kappa shape index (κ1) is 18.3. The number of rotatable bonds is 3. The van der Waals surface area contributed by atoms with Crippen LogP contribution in [-0.2, 0) is 10.0 Å². The van der Waals surface area contributed by atoms with Crippen LogP contribution in [0.2, 0.25) is 5.02 Å². The number of benzene rings is 2. The average Bonchev–Trinajstić information content (AvgIpc) is 2.89. The summed E-state index contributed by atoms with van der Waals surface area (Å²) in [5, 5.41) is 5.28. The van der Waals surface area contributed by atoms with Crippen LogP contribution >= 0.6 is 11.6 Å². The van der Waals surface area contributed by atoms with Gasteiger partial charge in [-0.25, -0.2) is 31.7 Å². The van der Waals surface area contributed by atoms with Gasteiger partial charge in [-0.1, -0.05) is 11.6 Å². The molecule has 0 fully saturated rings. The minimum Gasteiger partial charge on any atom is -0.415 e. The average molecular weight is 401 g/mol. The molecule has 0 aliphatic carbocycles. The van der Waals surface area contributed by atoms with Crippen LogP contribution in [0.15, 0.2) is 50.7 Å². The molecule has 0 spiro atoms. The van der Waals surface area contributed by atoms with E-state index in [1.165, 1.54) is 6.07 Å². The maximum absolute atomic E-state index is 14.1. The Bertz CT molecular complexity index is 1160. The molecule has 10 heteroatoms. The van der Waals surface area contributed by atoms with Crippen LogP contribution in [0, 0.1) is 18.6 Å². The van der Waals surface area contributed by atoms with Gasteiger partial charge in [0.05, 0.1) is 11.4 Å². The van der Waals surface area contributed by atoms with E-state index in [0.29, 0.717) is 16.3 Å². The van der Waals surface area contributed by atoms with Gasteiger partial charge < -0.3 is 4.42 Å². The minimum atomic E-state index is -4.59. The number of aromatic nitrogens is 1. The lowest BCUT2D eigenvalue weighted by molar-refractivity contribution is 0.504. The van der Waals surface area contributed by atoms with E-state index in [1.807, 2.05) is 0 Å². The molecule has 0 atom stereocenters. The molecule has 0 saturated carbocycles. The summed E-state index contributed by atoms with van der Waals surface area (Å²) in [7, 11) is -4.59. The Kier molecular flexibility index (Phi) is 4.47. The van der Waals surface area contributed by atoms with Crippen molar-refractivity contribution in [3.05, 3.63) is 69.4 Å². The van der Waals surface area contributed by atoms with E-state index in [0.717, 1.165) is 23.0 Å². The van der Waals surface area contributed by atoms with Crippen molar-refractivity contribution >= 4 is 21.6 Å². The highest BCUT2D eigenvalue weighted by atomic mass is 35.5. The second kappa shape index (κ2) is 6.35. The lowest BCUT2D eigenvalue weighted by Crippen LogP contribution is -2.17. The van der Waals surface area contributed by atoms with Gasteiger partial charge in [0.1, 0.15) is 17.9 Å². The number of oxazole rings is 1. The monoisotopic (exact) mass is 400 g/mol. The Hall–Kier alpha value is -2.49. The summed E-state index contributed by atoms with van der Waals surface area (Å²) in [5.74, 6) is -3.55. The van der Waals surface area contributed by atoms with Crippen LogP contribution in [0.1, 0.15) is 5.56 Å². The van der Waals surface area contributed by atoms with Gasteiger partial charge in [-0.05, 0) is 42.8 Å². The number of halogens is 3. The van der Waals surface area contributed by atoms with Gasteiger partial charge >= 0.3 is 5.76 Å². The van der Waals surface area contributed by atoms with E-state index in [2.05, 4.69) is 0 Å². The zero-order valence-corrected chi connectivity index (χ0v) is 14.7. The number of sulfonamides is 1. The van der Waals surface area contributed by atoms with Gasteiger partial charge in [-0.3, -0.25) is 0 Å². The standard InChI is InChI=1S/C16H11ClF2N2O4S/c1-8-4-10(2-3-11(8)17)21-14(7-25-16(21)22)9-5-12(18)15(13(19)6-9)26(20,23)24/h2-7H,1H3,(H2,20,23,24). The number of nitrogens with zero attached hydrogens (tertiary/aromatic N) is 1. The van der Waals surface area contributed by atoms with Crippen LogP contribution in [0.5, 0.6) is 0 Å². The second-order valence-corrected chi connectivity index (χ2v) is 7.38. The predicted octanol–water partition coefficient (Wildman–Crippen LogP) is 2.98. The molecule has 0 unspecified atom stereocenters. The van der Waals surface area contributed by atoms with Crippen LogP contribution in [0.3, 0.4) is 0 Å². The molecule has 0 saturated heterocycles. The summed E-state index contributed by atoms with van der Waals surface area (Å²) in [6.45, 7) is 1.72.